The van der Waals surface area contributed by atoms with Gasteiger partial charge in [0, 0.05) is 0 Å². The summed E-state index contributed by atoms with van der Waals surface area (Å²) in [4.78, 5) is 0. The van der Waals surface area contributed by atoms with Crippen molar-refractivity contribution in [1.29, 1.82) is 0 Å². The molecule has 0 bridgehead atoms. The fourth-order valence-electron chi connectivity index (χ4n) is 2.09. The Bertz CT molecular complexity index is 532. The molecule has 1 nitrogen and oxygen atoms in total. The summed E-state index contributed by atoms with van der Waals surface area (Å²) in [5, 5.41) is 0. The number of benzene rings is 1. The molecule has 0 spiro atoms. The van der Waals surface area contributed by atoms with E-state index in [9.17, 15) is 0 Å². The van der Waals surface area contributed by atoms with Gasteiger partial charge in [-0.25, -0.2) is 0 Å². The topological polar surface area (TPSA) is 3.01 Å². The summed E-state index contributed by atoms with van der Waals surface area (Å²) in [6.07, 6.45) is 6.70. The number of allylic oxidation sites excluding steroid dienone is 2. The van der Waals surface area contributed by atoms with Crippen LogP contribution in [0.1, 0.15) is 11.1 Å². The van der Waals surface area contributed by atoms with E-state index < -0.39 is 13.3 Å². The van der Waals surface area contributed by atoms with E-state index in [1.54, 1.807) is 0 Å². The maximum atomic E-state index is 4.16. The van der Waals surface area contributed by atoms with Crippen molar-refractivity contribution in [2.45, 2.75) is 24.2 Å². The molecule has 0 aromatic heterocycles. The Morgan fingerprint density at radius 3 is 2.39 bits per heavy atom. The van der Waals surface area contributed by atoms with Gasteiger partial charge < -0.3 is 0 Å². The molecule has 0 saturated carbocycles. The Morgan fingerprint density at radius 1 is 1.17 bits per heavy atom. The average molecular weight is 300 g/mol. The first-order valence-electron chi connectivity index (χ1n) is 6.32. The van der Waals surface area contributed by atoms with Gasteiger partial charge in [0.05, 0.1) is 0 Å². The van der Waals surface area contributed by atoms with Gasteiger partial charge in [-0.05, 0) is 0 Å². The first-order chi connectivity index (χ1) is 8.39. The number of hydrogen-bond acceptors (Lipinski definition) is 0. The summed E-state index contributed by atoms with van der Waals surface area (Å²) in [6, 6.07) is 9.64. The average Bonchev–Trinajstić information content (AvgIpc) is 2.29. The first kappa shape index (κ1) is 13.2. The van der Waals surface area contributed by atoms with Crippen LogP contribution in [0.15, 0.2) is 47.0 Å². The van der Waals surface area contributed by atoms with E-state index in [4.69, 9.17) is 0 Å². The first-order valence-corrected chi connectivity index (χ1v) is 13.7. The summed E-state index contributed by atoms with van der Waals surface area (Å²) < 4.78 is 3.51. The Labute approximate surface area is 113 Å². The molecule has 0 aliphatic carbocycles. The molecule has 1 heterocycles. The summed E-state index contributed by atoms with van der Waals surface area (Å²) in [6.45, 7) is 6.30. The van der Waals surface area contributed by atoms with Crippen LogP contribution in [0.25, 0.3) is 0 Å². The Balaban J connectivity index is 2.33. The minimum atomic E-state index is -1.76. The molecule has 1 aliphatic heterocycles. The standard InChI is InChI=1S/C16H21GeN/c1-13-8-6-7-9-15(13)16-11-10-14(12-18(16)5)17(2,3)4/h6-12H,5H2,1-4H3. The summed E-state index contributed by atoms with van der Waals surface area (Å²) in [5.74, 6) is 7.22. The van der Waals surface area contributed by atoms with Gasteiger partial charge in [0.15, 0.2) is 0 Å². The molecule has 94 valence electrons. The summed E-state index contributed by atoms with van der Waals surface area (Å²) in [5.41, 5.74) is 2.56. The molecule has 18 heavy (non-hydrogen) atoms. The molecule has 0 N–H and O–H groups in total. The fraction of sp³-hybridized carbons (Fsp3) is 0.250. The molecule has 0 radical (unpaired) electrons. The van der Waals surface area contributed by atoms with Crippen LogP contribution < -0.4 is 0 Å². The zero-order chi connectivity index (χ0) is 13.3. The van der Waals surface area contributed by atoms with Gasteiger partial charge in [0.25, 0.3) is 0 Å². The van der Waals surface area contributed by atoms with Gasteiger partial charge in [-0.3, -0.25) is 0 Å². The second-order valence-corrected chi connectivity index (χ2v) is 16.5. The molecule has 2 heteroatoms. The molecule has 0 atom stereocenters. The minimum absolute atomic E-state index is 1.18. The third-order valence-electron chi connectivity index (χ3n) is 3.31. The SMILES string of the molecule is C=[N+]1C=[C]([Ge]([CH3])([CH3])[CH3])C=C[C-]1c1ccccc1C. The molecule has 0 fully saturated rings. The van der Waals surface area contributed by atoms with Crippen molar-refractivity contribution in [3.63, 3.8) is 0 Å². The van der Waals surface area contributed by atoms with E-state index in [1.165, 1.54) is 21.6 Å². The number of rotatable bonds is 2. The van der Waals surface area contributed by atoms with Crippen molar-refractivity contribution in [2.75, 3.05) is 0 Å². The van der Waals surface area contributed by atoms with Crippen molar-refractivity contribution >= 4 is 20.0 Å². The van der Waals surface area contributed by atoms with Crippen molar-refractivity contribution in [2.24, 2.45) is 0 Å². The monoisotopic (exact) mass is 301 g/mol. The van der Waals surface area contributed by atoms with Crippen molar-refractivity contribution in [3.8, 4) is 0 Å². The third kappa shape index (κ3) is 2.61. The van der Waals surface area contributed by atoms with Gasteiger partial charge in [-0.15, -0.1) is 0 Å². The van der Waals surface area contributed by atoms with Gasteiger partial charge in [-0.2, -0.15) is 0 Å². The van der Waals surface area contributed by atoms with Gasteiger partial charge >= 0.3 is 113 Å². The normalized spacial score (nSPS) is 15.9. The molecule has 0 amide bonds. The van der Waals surface area contributed by atoms with Crippen LogP contribution in [0.2, 0.25) is 17.3 Å². The van der Waals surface area contributed by atoms with Crippen LogP contribution in [-0.4, -0.2) is 24.6 Å². The van der Waals surface area contributed by atoms with Gasteiger partial charge in [0.1, 0.15) is 0 Å². The molecule has 1 aromatic rings. The van der Waals surface area contributed by atoms with Crippen LogP contribution in [-0.2, 0) is 0 Å². The molecular formula is C16H21GeN. The van der Waals surface area contributed by atoms with Crippen molar-refractivity contribution < 1.29 is 4.58 Å². The second-order valence-electron chi connectivity index (χ2n) is 5.84. The molecule has 1 aliphatic rings. The summed E-state index contributed by atoms with van der Waals surface area (Å²) in [7, 11) is 0. The quantitative estimate of drug-likeness (QED) is 0.442. The molecule has 2 rings (SSSR count). The Kier molecular flexibility index (Phi) is 3.53. The summed E-state index contributed by atoms with van der Waals surface area (Å²) >= 11 is -1.76. The Hall–Kier alpha value is -1.22. The number of hydrogen-bond donors (Lipinski definition) is 0. The Morgan fingerprint density at radius 2 is 1.83 bits per heavy atom. The zero-order valence-corrected chi connectivity index (χ0v) is 13.8. The van der Waals surface area contributed by atoms with Crippen LogP contribution in [0.4, 0.5) is 0 Å². The molecule has 0 unspecified atom stereocenters. The van der Waals surface area contributed by atoms with E-state index in [0.717, 1.165) is 0 Å². The third-order valence-corrected chi connectivity index (χ3v) is 7.57. The van der Waals surface area contributed by atoms with E-state index in [1.807, 2.05) is 4.58 Å². The molecule has 0 saturated heterocycles. The van der Waals surface area contributed by atoms with Gasteiger partial charge in [0.2, 0.25) is 0 Å². The maximum absolute atomic E-state index is 4.16. The molecular weight excluding hydrogens is 279 g/mol. The van der Waals surface area contributed by atoms with Crippen LogP contribution in [0, 0.1) is 13.0 Å². The van der Waals surface area contributed by atoms with E-state index in [-0.39, 0.29) is 0 Å². The predicted octanol–water partition coefficient (Wildman–Crippen LogP) is 3.92. The van der Waals surface area contributed by atoms with E-state index >= 15 is 0 Å². The number of aryl methyl sites for hydroxylation is 1. The van der Waals surface area contributed by atoms with Crippen molar-refractivity contribution in [3.05, 3.63) is 64.2 Å². The fourth-order valence-corrected chi connectivity index (χ4v) is 4.46. The van der Waals surface area contributed by atoms with Crippen LogP contribution >= 0.6 is 0 Å². The van der Waals surface area contributed by atoms with Gasteiger partial charge in [-0.1, -0.05) is 0 Å². The van der Waals surface area contributed by atoms with E-state index in [0.29, 0.717) is 0 Å². The van der Waals surface area contributed by atoms with E-state index in [2.05, 4.69) is 73.5 Å². The molecule has 1 aromatic carbocycles. The van der Waals surface area contributed by atoms with Crippen LogP contribution in [0.3, 0.4) is 0 Å². The zero-order valence-electron chi connectivity index (χ0n) is 11.7. The predicted molar refractivity (Wildman–Crippen MR) is 81.5 cm³/mol. The van der Waals surface area contributed by atoms with Crippen LogP contribution in [0.5, 0.6) is 0 Å². The number of nitrogens with zero attached hydrogens (tertiary/aromatic N) is 1. The second kappa shape index (κ2) is 4.81. The van der Waals surface area contributed by atoms with Crippen molar-refractivity contribution in [1.82, 2.24) is 0 Å².